The molecule has 0 unspecified atom stereocenters. The third kappa shape index (κ3) is 2.69. The van der Waals surface area contributed by atoms with Crippen LogP contribution in [-0.2, 0) is 6.42 Å². The van der Waals surface area contributed by atoms with E-state index in [9.17, 15) is 9.59 Å². The van der Waals surface area contributed by atoms with E-state index in [4.69, 9.17) is 0 Å². The number of rotatable bonds is 3. The summed E-state index contributed by atoms with van der Waals surface area (Å²) in [5.41, 5.74) is 3.72. The maximum absolute atomic E-state index is 12.5. The van der Waals surface area contributed by atoms with Crippen LogP contribution in [-0.4, -0.2) is 15.8 Å². The zero-order valence-corrected chi connectivity index (χ0v) is 13.0. The van der Waals surface area contributed by atoms with Crippen LogP contribution in [0.15, 0.2) is 45.7 Å². The Kier molecular flexibility index (Phi) is 3.51. The molecule has 5 heteroatoms. The Morgan fingerprint density at radius 1 is 1.14 bits per heavy atom. The predicted molar refractivity (Wildman–Crippen MR) is 85.8 cm³/mol. The first kappa shape index (κ1) is 13.8. The van der Waals surface area contributed by atoms with E-state index in [1.165, 1.54) is 0 Å². The predicted octanol–water partition coefficient (Wildman–Crippen LogP) is 3.35. The number of imidazole rings is 1. The highest BCUT2D eigenvalue weighted by molar-refractivity contribution is 9.10. The van der Waals surface area contributed by atoms with Gasteiger partial charge in [-0.15, -0.1) is 0 Å². The first-order valence-electron chi connectivity index (χ1n) is 6.54. The zero-order chi connectivity index (χ0) is 15.0. The van der Waals surface area contributed by atoms with Gasteiger partial charge >= 0.3 is 5.69 Å². The number of carbonyl (C=O) groups is 1. The molecule has 0 bridgehead atoms. The summed E-state index contributed by atoms with van der Waals surface area (Å²) in [6, 6.07) is 11.3. The number of halogens is 1. The lowest BCUT2D eigenvalue weighted by atomic mass is 9.99. The molecule has 0 spiro atoms. The molecule has 0 fully saturated rings. The highest BCUT2D eigenvalue weighted by atomic mass is 79.9. The Hall–Kier alpha value is -2.14. The summed E-state index contributed by atoms with van der Waals surface area (Å²) in [7, 11) is 0. The Morgan fingerprint density at radius 2 is 1.81 bits per heavy atom. The third-order valence-corrected chi connectivity index (χ3v) is 4.17. The van der Waals surface area contributed by atoms with Crippen LogP contribution in [0, 0.1) is 6.92 Å². The highest BCUT2D eigenvalue weighted by Crippen LogP contribution is 2.23. The van der Waals surface area contributed by atoms with Gasteiger partial charge in [-0.3, -0.25) is 4.79 Å². The maximum atomic E-state index is 12.5. The fourth-order valence-corrected chi connectivity index (χ4v) is 2.91. The van der Waals surface area contributed by atoms with Gasteiger partial charge in [-0.2, -0.15) is 0 Å². The van der Waals surface area contributed by atoms with Crippen molar-refractivity contribution < 1.29 is 4.79 Å². The molecule has 2 aromatic carbocycles. The molecule has 0 saturated carbocycles. The number of fused-ring (bicyclic) bond motifs is 1. The molecule has 3 rings (SSSR count). The number of H-pyrrole nitrogens is 2. The van der Waals surface area contributed by atoms with E-state index in [-0.39, 0.29) is 11.5 Å². The Morgan fingerprint density at radius 3 is 2.52 bits per heavy atom. The summed E-state index contributed by atoms with van der Waals surface area (Å²) >= 11 is 3.40. The van der Waals surface area contributed by atoms with Crippen molar-refractivity contribution in [3.63, 3.8) is 0 Å². The lowest BCUT2D eigenvalue weighted by Gasteiger charge is -2.07. The zero-order valence-electron chi connectivity index (χ0n) is 11.4. The number of carbonyl (C=O) groups excluding carboxylic acids is 1. The van der Waals surface area contributed by atoms with E-state index in [1.54, 1.807) is 12.1 Å². The minimum atomic E-state index is -0.277. The second-order valence-corrected chi connectivity index (χ2v) is 5.84. The molecular formula is C16H13BrN2O2. The smallest absolute Gasteiger partial charge is 0.306 e. The monoisotopic (exact) mass is 344 g/mol. The van der Waals surface area contributed by atoms with Gasteiger partial charge in [-0.25, -0.2) is 4.79 Å². The van der Waals surface area contributed by atoms with E-state index in [0.717, 1.165) is 11.1 Å². The summed E-state index contributed by atoms with van der Waals surface area (Å²) in [6.07, 6.45) is 0.339. The minimum absolute atomic E-state index is 0.0140. The first-order chi connectivity index (χ1) is 10.0. The van der Waals surface area contributed by atoms with Crippen molar-refractivity contribution >= 4 is 32.7 Å². The molecule has 0 aliphatic heterocycles. The summed E-state index contributed by atoms with van der Waals surface area (Å²) in [5.74, 6) is 0.0140. The molecule has 106 valence electrons. The van der Waals surface area contributed by atoms with Crippen molar-refractivity contribution in [1.29, 1.82) is 0 Å². The standard InChI is InChI=1S/C16H13BrN2O2/c1-9-4-2-3-5-10(9)6-15(20)11-7-13-14(8-12(11)17)19-16(21)18-13/h2-5,7-8H,6H2,1H3,(H2,18,19,21). The second-order valence-electron chi connectivity index (χ2n) is 4.98. The maximum Gasteiger partial charge on any atom is 0.323 e. The number of hydrogen-bond donors (Lipinski definition) is 2. The number of hydrogen-bond acceptors (Lipinski definition) is 2. The first-order valence-corrected chi connectivity index (χ1v) is 7.33. The van der Waals surface area contributed by atoms with Crippen LogP contribution in [0.3, 0.4) is 0 Å². The van der Waals surface area contributed by atoms with Gasteiger partial charge in [0.2, 0.25) is 0 Å². The van der Waals surface area contributed by atoms with Gasteiger partial charge in [-0.05, 0) is 46.1 Å². The van der Waals surface area contributed by atoms with Crippen molar-refractivity contribution in [2.75, 3.05) is 0 Å². The van der Waals surface area contributed by atoms with Crippen LogP contribution in [0.4, 0.5) is 0 Å². The molecule has 4 nitrogen and oxygen atoms in total. The fourth-order valence-electron chi connectivity index (χ4n) is 2.35. The molecule has 0 aliphatic rings. The normalized spacial score (nSPS) is 11.0. The minimum Gasteiger partial charge on any atom is -0.306 e. The summed E-state index contributed by atoms with van der Waals surface area (Å²) < 4.78 is 0.684. The number of Topliss-reactive ketones (excluding diaryl/α,β-unsaturated/α-hetero) is 1. The average Bonchev–Trinajstić information content (AvgIpc) is 2.79. The van der Waals surface area contributed by atoms with Crippen LogP contribution < -0.4 is 5.69 Å². The summed E-state index contributed by atoms with van der Waals surface area (Å²) in [5, 5.41) is 0. The quantitative estimate of drug-likeness (QED) is 0.715. The van der Waals surface area contributed by atoms with Gasteiger partial charge < -0.3 is 9.97 Å². The molecule has 0 aliphatic carbocycles. The van der Waals surface area contributed by atoms with E-state index in [1.807, 2.05) is 31.2 Å². The largest absolute Gasteiger partial charge is 0.323 e. The van der Waals surface area contributed by atoms with Gasteiger partial charge in [0.25, 0.3) is 0 Å². The van der Waals surface area contributed by atoms with Crippen molar-refractivity contribution in [3.8, 4) is 0 Å². The van der Waals surface area contributed by atoms with Gasteiger partial charge in [0.05, 0.1) is 11.0 Å². The molecule has 1 heterocycles. The summed E-state index contributed by atoms with van der Waals surface area (Å²) in [4.78, 5) is 29.2. The van der Waals surface area contributed by atoms with Crippen LogP contribution in [0.2, 0.25) is 0 Å². The molecular weight excluding hydrogens is 332 g/mol. The van der Waals surface area contributed by atoms with E-state index in [0.29, 0.717) is 27.5 Å². The number of ketones is 1. The topological polar surface area (TPSA) is 65.7 Å². The Bertz CT molecular complexity index is 893. The number of aryl methyl sites for hydroxylation is 1. The SMILES string of the molecule is Cc1ccccc1CC(=O)c1cc2[nH]c(=O)[nH]c2cc1Br. The average molecular weight is 345 g/mol. The van der Waals surface area contributed by atoms with Crippen LogP contribution in [0.5, 0.6) is 0 Å². The van der Waals surface area contributed by atoms with E-state index >= 15 is 0 Å². The van der Waals surface area contributed by atoms with Crippen molar-refractivity contribution in [2.45, 2.75) is 13.3 Å². The lowest BCUT2D eigenvalue weighted by molar-refractivity contribution is 0.0992. The fraction of sp³-hybridized carbons (Fsp3) is 0.125. The number of nitrogens with one attached hydrogen (secondary N) is 2. The van der Waals surface area contributed by atoms with Crippen LogP contribution >= 0.6 is 15.9 Å². The van der Waals surface area contributed by atoms with Crippen molar-refractivity contribution in [1.82, 2.24) is 9.97 Å². The summed E-state index contributed by atoms with van der Waals surface area (Å²) in [6.45, 7) is 1.99. The molecule has 21 heavy (non-hydrogen) atoms. The number of aromatic amines is 2. The Balaban J connectivity index is 1.99. The second kappa shape index (κ2) is 5.33. The molecule has 1 aromatic heterocycles. The molecule has 2 N–H and O–H groups in total. The molecule has 0 radical (unpaired) electrons. The van der Waals surface area contributed by atoms with Gasteiger partial charge in [0, 0.05) is 16.5 Å². The molecule has 0 saturated heterocycles. The lowest BCUT2D eigenvalue weighted by Crippen LogP contribution is -2.06. The Labute approximate surface area is 129 Å². The van der Waals surface area contributed by atoms with Crippen LogP contribution in [0.25, 0.3) is 11.0 Å². The molecule has 0 atom stereocenters. The van der Waals surface area contributed by atoms with Crippen LogP contribution in [0.1, 0.15) is 21.5 Å². The van der Waals surface area contributed by atoms with Gasteiger partial charge in [-0.1, -0.05) is 24.3 Å². The third-order valence-electron chi connectivity index (χ3n) is 3.52. The van der Waals surface area contributed by atoms with Gasteiger partial charge in [0.1, 0.15) is 0 Å². The van der Waals surface area contributed by atoms with Crippen molar-refractivity contribution in [3.05, 3.63) is 68.0 Å². The molecule has 3 aromatic rings. The number of benzene rings is 2. The van der Waals surface area contributed by atoms with E-state index < -0.39 is 0 Å². The van der Waals surface area contributed by atoms with Gasteiger partial charge in [0.15, 0.2) is 5.78 Å². The highest BCUT2D eigenvalue weighted by Gasteiger charge is 2.14. The molecule has 0 amide bonds. The van der Waals surface area contributed by atoms with Crippen molar-refractivity contribution in [2.24, 2.45) is 0 Å². The number of aromatic nitrogens is 2. The van der Waals surface area contributed by atoms with E-state index in [2.05, 4.69) is 25.9 Å².